The smallest absolute Gasteiger partial charge is 0.353 e. The number of benzene rings is 1. The van der Waals surface area contributed by atoms with Gasteiger partial charge in [0.25, 0.3) is 0 Å². The number of nitrogens with zero attached hydrogens (tertiary/aromatic N) is 4. The number of fused-ring (bicyclic) bond motifs is 1. The highest BCUT2D eigenvalue weighted by atomic mass is 16.6. The zero-order valence-electron chi connectivity index (χ0n) is 9.98. The third kappa shape index (κ3) is 1.85. The molecular weight excluding hydrogens is 246 g/mol. The maximum absolute atomic E-state index is 11.1. The summed E-state index contributed by atoms with van der Waals surface area (Å²) in [5, 5.41) is 11.1. The van der Waals surface area contributed by atoms with Crippen molar-refractivity contribution < 1.29 is 4.92 Å². The third-order valence-corrected chi connectivity index (χ3v) is 3.15. The molecule has 0 fully saturated rings. The Balaban J connectivity index is 2.02. The van der Waals surface area contributed by atoms with Crippen LogP contribution in [-0.4, -0.2) is 14.9 Å². The number of hydrogen-bond acceptors (Lipinski definition) is 6. The Morgan fingerprint density at radius 3 is 2.42 bits per heavy atom. The Morgan fingerprint density at radius 1 is 1.21 bits per heavy atom. The summed E-state index contributed by atoms with van der Waals surface area (Å²) in [6.45, 7) is 1.18. The van der Waals surface area contributed by atoms with Crippen LogP contribution in [0.15, 0.2) is 30.6 Å². The van der Waals surface area contributed by atoms with Crippen molar-refractivity contribution in [2.75, 3.05) is 10.6 Å². The highest BCUT2D eigenvalue weighted by molar-refractivity contribution is 5.69. The number of aromatic nitrogens is 2. The van der Waals surface area contributed by atoms with Crippen LogP contribution in [-0.2, 0) is 13.1 Å². The van der Waals surface area contributed by atoms with E-state index in [1.807, 2.05) is 29.2 Å². The topological polar surface area (TPSA) is 98.2 Å². The fraction of sp³-hybridized carbons (Fsp3) is 0.167. The Labute approximate surface area is 108 Å². The molecule has 0 spiro atoms. The lowest BCUT2D eigenvalue weighted by atomic mass is 10.1. The van der Waals surface area contributed by atoms with E-state index in [0.717, 1.165) is 11.1 Å². The van der Waals surface area contributed by atoms with Gasteiger partial charge in [-0.3, -0.25) is 10.1 Å². The normalized spacial score (nSPS) is 13.4. The van der Waals surface area contributed by atoms with Gasteiger partial charge in [0.2, 0.25) is 11.6 Å². The number of hydrogen-bond donors (Lipinski definition) is 1. The van der Waals surface area contributed by atoms with Gasteiger partial charge in [-0.15, -0.1) is 0 Å². The van der Waals surface area contributed by atoms with E-state index in [9.17, 15) is 10.1 Å². The predicted octanol–water partition coefficient (Wildman–Crippen LogP) is 1.49. The van der Waals surface area contributed by atoms with Crippen LogP contribution in [0.4, 0.5) is 17.3 Å². The maximum atomic E-state index is 11.1. The minimum atomic E-state index is -0.534. The van der Waals surface area contributed by atoms with Crippen LogP contribution in [0.1, 0.15) is 11.1 Å². The lowest BCUT2D eigenvalue weighted by molar-refractivity contribution is -0.383. The summed E-state index contributed by atoms with van der Waals surface area (Å²) in [4.78, 5) is 20.1. The van der Waals surface area contributed by atoms with Crippen molar-refractivity contribution in [3.63, 3.8) is 0 Å². The number of anilines is 2. The maximum Gasteiger partial charge on any atom is 0.353 e. The van der Waals surface area contributed by atoms with Gasteiger partial charge in [-0.2, -0.15) is 0 Å². The molecule has 0 unspecified atom stereocenters. The van der Waals surface area contributed by atoms with Crippen LogP contribution in [0.25, 0.3) is 0 Å². The summed E-state index contributed by atoms with van der Waals surface area (Å²) in [5.74, 6) is 0.166. The van der Waals surface area contributed by atoms with Gasteiger partial charge in [0.05, 0.1) is 4.92 Å². The highest BCUT2D eigenvalue weighted by Gasteiger charge is 2.29. The van der Waals surface area contributed by atoms with E-state index >= 15 is 0 Å². The third-order valence-electron chi connectivity index (χ3n) is 3.15. The van der Waals surface area contributed by atoms with Crippen molar-refractivity contribution >= 4 is 17.3 Å². The average Bonchev–Trinajstić information content (AvgIpc) is 2.81. The van der Waals surface area contributed by atoms with Gasteiger partial charge in [-0.05, 0) is 11.1 Å². The molecule has 7 nitrogen and oxygen atoms in total. The summed E-state index contributed by atoms with van der Waals surface area (Å²) in [6.07, 6.45) is 1.25. The largest absolute Gasteiger partial charge is 0.378 e. The van der Waals surface area contributed by atoms with Crippen molar-refractivity contribution in [2.24, 2.45) is 0 Å². The van der Waals surface area contributed by atoms with E-state index < -0.39 is 4.92 Å². The highest BCUT2D eigenvalue weighted by Crippen LogP contribution is 2.34. The zero-order valence-corrected chi connectivity index (χ0v) is 9.98. The first kappa shape index (κ1) is 11.4. The Kier molecular flexibility index (Phi) is 2.52. The molecule has 2 heterocycles. The average molecular weight is 257 g/mol. The van der Waals surface area contributed by atoms with Crippen LogP contribution < -0.4 is 10.6 Å². The van der Waals surface area contributed by atoms with Gasteiger partial charge in [0.1, 0.15) is 6.33 Å². The molecule has 3 rings (SSSR count). The second kappa shape index (κ2) is 4.20. The van der Waals surface area contributed by atoms with E-state index in [1.165, 1.54) is 6.33 Å². The lowest BCUT2D eigenvalue weighted by Gasteiger charge is -2.16. The molecule has 19 heavy (non-hydrogen) atoms. The molecule has 0 atom stereocenters. The minimum absolute atomic E-state index is 0.106. The molecule has 0 saturated carbocycles. The monoisotopic (exact) mass is 257 g/mol. The van der Waals surface area contributed by atoms with E-state index in [-0.39, 0.29) is 17.3 Å². The van der Waals surface area contributed by atoms with Crippen LogP contribution >= 0.6 is 0 Å². The van der Waals surface area contributed by atoms with Crippen LogP contribution in [0, 0.1) is 10.1 Å². The van der Waals surface area contributed by atoms with Gasteiger partial charge in [0, 0.05) is 13.1 Å². The fourth-order valence-corrected chi connectivity index (χ4v) is 2.27. The summed E-state index contributed by atoms with van der Waals surface area (Å²) in [6, 6.07) is 7.91. The molecule has 2 N–H and O–H groups in total. The van der Waals surface area contributed by atoms with Gasteiger partial charge in [-0.1, -0.05) is 24.3 Å². The van der Waals surface area contributed by atoms with Crippen molar-refractivity contribution in [3.05, 3.63) is 51.8 Å². The Hall–Kier alpha value is -2.70. The SMILES string of the molecule is Nc1ncnc(N2Cc3ccccc3C2)c1[N+](=O)[O-]. The molecular formula is C12H11N5O2. The summed E-state index contributed by atoms with van der Waals surface area (Å²) in [7, 11) is 0. The van der Waals surface area contributed by atoms with Gasteiger partial charge >= 0.3 is 5.69 Å². The number of nitrogen functional groups attached to an aromatic ring is 1. The number of nitro groups is 1. The first-order chi connectivity index (χ1) is 9.16. The van der Waals surface area contributed by atoms with Crippen LogP contribution in [0.3, 0.4) is 0 Å². The second-order valence-electron chi connectivity index (χ2n) is 4.31. The molecule has 1 aliphatic heterocycles. The van der Waals surface area contributed by atoms with E-state index in [2.05, 4.69) is 9.97 Å². The Morgan fingerprint density at radius 2 is 1.84 bits per heavy atom. The Bertz CT molecular complexity index is 633. The quantitative estimate of drug-likeness (QED) is 0.646. The summed E-state index contributed by atoms with van der Waals surface area (Å²) >= 11 is 0. The molecule has 0 aliphatic carbocycles. The van der Waals surface area contributed by atoms with E-state index in [1.54, 1.807) is 0 Å². The molecule has 0 radical (unpaired) electrons. The van der Waals surface area contributed by atoms with Gasteiger partial charge in [-0.25, -0.2) is 9.97 Å². The first-order valence-corrected chi connectivity index (χ1v) is 5.73. The van der Waals surface area contributed by atoms with Crippen LogP contribution in [0.5, 0.6) is 0 Å². The second-order valence-corrected chi connectivity index (χ2v) is 4.31. The van der Waals surface area contributed by atoms with Crippen molar-refractivity contribution in [3.8, 4) is 0 Å². The molecule has 96 valence electrons. The van der Waals surface area contributed by atoms with Crippen molar-refractivity contribution in [1.82, 2.24) is 9.97 Å². The molecule has 1 aliphatic rings. The molecule has 0 saturated heterocycles. The van der Waals surface area contributed by atoms with E-state index in [0.29, 0.717) is 13.1 Å². The van der Waals surface area contributed by atoms with Gasteiger partial charge < -0.3 is 10.6 Å². The van der Waals surface area contributed by atoms with E-state index in [4.69, 9.17) is 5.73 Å². The minimum Gasteiger partial charge on any atom is -0.378 e. The molecule has 0 amide bonds. The zero-order chi connectivity index (χ0) is 13.4. The summed E-state index contributed by atoms with van der Waals surface area (Å²) in [5.41, 5.74) is 7.64. The molecule has 7 heteroatoms. The molecule has 0 bridgehead atoms. The first-order valence-electron chi connectivity index (χ1n) is 5.73. The van der Waals surface area contributed by atoms with Crippen molar-refractivity contribution in [1.29, 1.82) is 0 Å². The standard InChI is InChI=1S/C12H11N5O2/c13-11-10(17(18)19)12(15-7-14-11)16-5-8-3-1-2-4-9(8)6-16/h1-4,7H,5-6H2,(H2,13,14,15). The fourth-order valence-electron chi connectivity index (χ4n) is 2.27. The summed E-state index contributed by atoms with van der Waals surface area (Å²) < 4.78 is 0. The lowest BCUT2D eigenvalue weighted by Crippen LogP contribution is -2.18. The molecule has 1 aromatic heterocycles. The van der Waals surface area contributed by atoms with Crippen molar-refractivity contribution in [2.45, 2.75) is 13.1 Å². The predicted molar refractivity (Wildman–Crippen MR) is 69.4 cm³/mol. The number of nitrogens with two attached hydrogens (primary N) is 1. The number of rotatable bonds is 2. The van der Waals surface area contributed by atoms with Crippen LogP contribution in [0.2, 0.25) is 0 Å². The molecule has 1 aromatic carbocycles. The molecule has 2 aromatic rings. The van der Waals surface area contributed by atoms with Gasteiger partial charge in [0.15, 0.2) is 0 Å².